The summed E-state index contributed by atoms with van der Waals surface area (Å²) in [6.07, 6.45) is 0.0347. The molecule has 0 aromatic heterocycles. The van der Waals surface area contributed by atoms with Gasteiger partial charge in [-0.05, 0) is 5.92 Å². The van der Waals surface area contributed by atoms with Crippen molar-refractivity contribution in [2.75, 3.05) is 12.3 Å². The molecule has 2 atom stereocenters. The molecule has 0 spiro atoms. The predicted octanol–water partition coefficient (Wildman–Crippen LogP) is -0.767. The molecule has 0 bridgehead atoms. The normalized spacial score (nSPS) is 22.6. The van der Waals surface area contributed by atoms with Crippen LogP contribution < -0.4 is 5.14 Å². The van der Waals surface area contributed by atoms with Crippen molar-refractivity contribution >= 4 is 21.9 Å². The Morgan fingerprint density at radius 1 is 1.56 bits per heavy atom. The number of sulfonamides is 1. The summed E-state index contributed by atoms with van der Waals surface area (Å²) >= 11 is 0. The molecule has 18 heavy (non-hydrogen) atoms. The maximum Gasteiger partial charge on any atom is 0.326 e. The molecule has 7 nitrogen and oxygen atoms in total. The topological polar surface area (TPSA) is 118 Å². The third kappa shape index (κ3) is 3.67. The van der Waals surface area contributed by atoms with Gasteiger partial charge in [0.2, 0.25) is 15.9 Å². The Bertz CT molecular complexity index is 445. The molecule has 1 fully saturated rings. The van der Waals surface area contributed by atoms with Crippen LogP contribution in [0, 0.1) is 11.8 Å². The highest BCUT2D eigenvalue weighted by molar-refractivity contribution is 7.89. The third-order valence-corrected chi connectivity index (χ3v) is 3.86. The molecule has 1 heterocycles. The number of primary sulfonamides is 1. The first-order valence-corrected chi connectivity index (χ1v) is 7.36. The summed E-state index contributed by atoms with van der Waals surface area (Å²) in [5.74, 6) is -2.35. The molecule has 0 saturated carbocycles. The van der Waals surface area contributed by atoms with E-state index in [1.54, 1.807) is 13.8 Å². The van der Waals surface area contributed by atoms with Gasteiger partial charge in [0.25, 0.3) is 0 Å². The number of likely N-dealkylation sites (tertiary alicyclic amines) is 1. The lowest BCUT2D eigenvalue weighted by Gasteiger charge is -2.27. The molecule has 1 rings (SSSR count). The molecule has 1 aliphatic rings. The highest BCUT2D eigenvalue weighted by Gasteiger charge is 2.40. The number of hydrogen-bond donors (Lipinski definition) is 2. The lowest BCUT2D eigenvalue weighted by molar-refractivity contribution is -0.150. The fourth-order valence-corrected chi connectivity index (χ4v) is 3.18. The molecular formula is C10H18N2O5S. The maximum atomic E-state index is 11.7. The van der Waals surface area contributed by atoms with E-state index in [1.165, 1.54) is 4.90 Å². The fraction of sp³-hybridized carbons (Fsp3) is 0.800. The summed E-state index contributed by atoms with van der Waals surface area (Å²) in [4.78, 5) is 24.1. The molecule has 3 N–H and O–H groups in total. The number of amides is 1. The van der Waals surface area contributed by atoms with Gasteiger partial charge in [0.15, 0.2) is 0 Å². The molecular weight excluding hydrogens is 260 g/mol. The lowest BCUT2D eigenvalue weighted by atomic mass is 10.0. The van der Waals surface area contributed by atoms with E-state index in [0.29, 0.717) is 0 Å². The third-order valence-electron chi connectivity index (χ3n) is 2.93. The molecule has 8 heteroatoms. The van der Waals surface area contributed by atoms with Gasteiger partial charge in [-0.3, -0.25) is 4.79 Å². The number of carboxylic acid groups (broad SMARTS) is 1. The van der Waals surface area contributed by atoms with Crippen LogP contribution in [-0.4, -0.2) is 48.6 Å². The molecule has 0 aromatic carbocycles. The Hall–Kier alpha value is -1.15. The minimum absolute atomic E-state index is 0.0347. The van der Waals surface area contributed by atoms with Crippen LogP contribution in [0.3, 0.4) is 0 Å². The number of rotatable bonds is 5. The summed E-state index contributed by atoms with van der Waals surface area (Å²) in [6.45, 7) is 3.54. The maximum absolute atomic E-state index is 11.7. The molecule has 104 valence electrons. The van der Waals surface area contributed by atoms with Crippen LogP contribution in [0.4, 0.5) is 0 Å². The zero-order chi connectivity index (χ0) is 14.1. The highest BCUT2D eigenvalue weighted by Crippen LogP contribution is 2.24. The van der Waals surface area contributed by atoms with Gasteiger partial charge in [-0.2, -0.15) is 0 Å². The second-order valence-corrected chi connectivity index (χ2v) is 6.63. The number of aliphatic carboxylic acids is 1. The highest BCUT2D eigenvalue weighted by atomic mass is 32.2. The summed E-state index contributed by atoms with van der Waals surface area (Å²) in [5, 5.41) is 14.0. The smallest absolute Gasteiger partial charge is 0.326 e. The monoisotopic (exact) mass is 278 g/mol. The van der Waals surface area contributed by atoms with Crippen LogP contribution in [0.15, 0.2) is 0 Å². The number of carbonyl (C=O) groups is 2. The molecule has 1 aliphatic heterocycles. The van der Waals surface area contributed by atoms with Crippen molar-refractivity contribution in [2.45, 2.75) is 26.3 Å². The van der Waals surface area contributed by atoms with E-state index in [0.717, 1.165) is 0 Å². The Kier molecular flexibility index (Phi) is 4.33. The van der Waals surface area contributed by atoms with E-state index in [2.05, 4.69) is 0 Å². The molecule has 1 saturated heterocycles. The van der Waals surface area contributed by atoms with E-state index >= 15 is 0 Å². The standard InChI is InChI=1S/C10H18N2O5S/c1-6(2)9(10(14)15)12-4-7(3-8(12)13)5-18(11,16)17/h6-7,9H,3-5H2,1-2H3,(H,14,15)(H2,11,16,17)/t7?,9-/m0/s1. The second-order valence-electron chi connectivity index (χ2n) is 4.97. The van der Waals surface area contributed by atoms with Crippen LogP contribution in [-0.2, 0) is 19.6 Å². The van der Waals surface area contributed by atoms with Crippen LogP contribution in [0.2, 0.25) is 0 Å². The number of carboxylic acids is 1. The number of carbonyl (C=O) groups excluding carboxylic acids is 1. The zero-order valence-corrected chi connectivity index (χ0v) is 11.2. The molecule has 1 amide bonds. The van der Waals surface area contributed by atoms with Crippen LogP contribution in [0.25, 0.3) is 0 Å². The Morgan fingerprint density at radius 2 is 2.11 bits per heavy atom. The Morgan fingerprint density at radius 3 is 2.50 bits per heavy atom. The molecule has 1 unspecified atom stereocenters. The number of nitrogens with two attached hydrogens (primary N) is 1. The second kappa shape index (κ2) is 5.23. The summed E-state index contributed by atoms with van der Waals surface area (Å²) in [6, 6.07) is -0.914. The minimum atomic E-state index is -3.65. The van der Waals surface area contributed by atoms with Crippen molar-refractivity contribution in [1.29, 1.82) is 0 Å². The van der Waals surface area contributed by atoms with Gasteiger partial charge >= 0.3 is 5.97 Å². The Labute approximate surface area is 106 Å². The van der Waals surface area contributed by atoms with Gasteiger partial charge in [-0.25, -0.2) is 18.4 Å². The SMILES string of the molecule is CC(C)[C@@H](C(=O)O)N1CC(CS(N)(=O)=O)CC1=O. The first-order valence-electron chi connectivity index (χ1n) is 5.64. The minimum Gasteiger partial charge on any atom is -0.480 e. The fourth-order valence-electron chi connectivity index (χ4n) is 2.30. The van der Waals surface area contributed by atoms with Crippen molar-refractivity contribution in [3.63, 3.8) is 0 Å². The quantitative estimate of drug-likeness (QED) is 0.685. The van der Waals surface area contributed by atoms with Gasteiger partial charge in [0.05, 0.1) is 5.75 Å². The molecule has 0 radical (unpaired) electrons. The van der Waals surface area contributed by atoms with Crippen molar-refractivity contribution in [3.8, 4) is 0 Å². The average Bonchev–Trinajstić information content (AvgIpc) is 2.42. The first-order chi connectivity index (χ1) is 8.11. The molecule has 0 aromatic rings. The van der Waals surface area contributed by atoms with Crippen molar-refractivity contribution in [2.24, 2.45) is 17.0 Å². The largest absolute Gasteiger partial charge is 0.480 e. The summed E-state index contributed by atoms with van der Waals surface area (Å²) < 4.78 is 21.9. The van der Waals surface area contributed by atoms with Gasteiger partial charge < -0.3 is 10.0 Å². The van der Waals surface area contributed by atoms with Gasteiger partial charge in [0, 0.05) is 18.9 Å². The van der Waals surface area contributed by atoms with Crippen LogP contribution in [0.1, 0.15) is 20.3 Å². The van der Waals surface area contributed by atoms with E-state index in [4.69, 9.17) is 10.2 Å². The first kappa shape index (κ1) is 14.9. The number of nitrogens with zero attached hydrogens (tertiary/aromatic N) is 1. The average molecular weight is 278 g/mol. The van der Waals surface area contributed by atoms with E-state index in [1.807, 2.05) is 0 Å². The van der Waals surface area contributed by atoms with Crippen LogP contribution in [0.5, 0.6) is 0 Å². The van der Waals surface area contributed by atoms with Gasteiger partial charge in [0.1, 0.15) is 6.04 Å². The molecule has 0 aliphatic carbocycles. The van der Waals surface area contributed by atoms with E-state index in [-0.39, 0.29) is 30.5 Å². The summed E-state index contributed by atoms with van der Waals surface area (Å²) in [5.41, 5.74) is 0. The van der Waals surface area contributed by atoms with Crippen molar-refractivity contribution < 1.29 is 23.1 Å². The van der Waals surface area contributed by atoms with Gasteiger partial charge in [-0.15, -0.1) is 0 Å². The van der Waals surface area contributed by atoms with E-state index < -0.39 is 28.0 Å². The summed E-state index contributed by atoms with van der Waals surface area (Å²) in [7, 11) is -3.65. The van der Waals surface area contributed by atoms with Crippen LogP contribution >= 0.6 is 0 Å². The Balaban J connectivity index is 2.81. The van der Waals surface area contributed by atoms with E-state index in [9.17, 15) is 18.0 Å². The number of hydrogen-bond acceptors (Lipinski definition) is 4. The van der Waals surface area contributed by atoms with Gasteiger partial charge in [-0.1, -0.05) is 13.8 Å². The van der Waals surface area contributed by atoms with Crippen molar-refractivity contribution in [1.82, 2.24) is 4.90 Å². The zero-order valence-electron chi connectivity index (χ0n) is 10.4. The lowest BCUT2D eigenvalue weighted by Crippen LogP contribution is -2.45. The van der Waals surface area contributed by atoms with Crippen molar-refractivity contribution in [3.05, 3.63) is 0 Å². The predicted molar refractivity (Wildman–Crippen MR) is 64.1 cm³/mol.